The number of carbonyl (C=O) groups is 1. The van der Waals surface area contributed by atoms with Gasteiger partial charge in [-0.25, -0.2) is 4.98 Å². The molecule has 1 unspecified atom stereocenters. The van der Waals surface area contributed by atoms with Gasteiger partial charge in [0.1, 0.15) is 5.82 Å². The van der Waals surface area contributed by atoms with Gasteiger partial charge in [-0.2, -0.15) is 14.7 Å². The summed E-state index contributed by atoms with van der Waals surface area (Å²) in [4.78, 5) is 16.1. The number of hydrazone groups is 1. The second kappa shape index (κ2) is 5.99. The van der Waals surface area contributed by atoms with E-state index >= 15 is 0 Å². The number of fused-ring (bicyclic) bond motifs is 1. The molecule has 3 atom stereocenters. The summed E-state index contributed by atoms with van der Waals surface area (Å²) >= 11 is 0. The first-order valence-electron chi connectivity index (χ1n) is 8.45. The van der Waals surface area contributed by atoms with Gasteiger partial charge < -0.3 is 16.8 Å². The number of hydrogen-bond acceptors (Lipinski definition) is 7. The Morgan fingerprint density at radius 3 is 2.88 bits per heavy atom. The Morgan fingerprint density at radius 2 is 2.24 bits per heavy atom. The lowest BCUT2D eigenvalue weighted by atomic mass is 9.91. The highest BCUT2D eigenvalue weighted by Crippen LogP contribution is 2.29. The molecule has 5 N–H and O–H groups in total. The minimum atomic E-state index is -0.302. The van der Waals surface area contributed by atoms with Gasteiger partial charge in [0.2, 0.25) is 5.91 Å². The van der Waals surface area contributed by atoms with Gasteiger partial charge in [0.15, 0.2) is 5.65 Å². The number of nitrogens with two attached hydrogens (primary N) is 2. The number of nitrogen functional groups attached to an aromatic ring is 1. The zero-order valence-corrected chi connectivity index (χ0v) is 14.1. The van der Waals surface area contributed by atoms with E-state index in [1.807, 2.05) is 30.5 Å². The molecule has 1 saturated heterocycles. The lowest BCUT2D eigenvalue weighted by Crippen LogP contribution is -2.46. The van der Waals surface area contributed by atoms with Crippen molar-refractivity contribution in [3.8, 4) is 0 Å². The van der Waals surface area contributed by atoms with Gasteiger partial charge >= 0.3 is 0 Å². The smallest absolute Gasteiger partial charge is 0.234 e. The van der Waals surface area contributed by atoms with E-state index in [0.29, 0.717) is 18.8 Å². The predicted molar refractivity (Wildman–Crippen MR) is 94.2 cm³/mol. The van der Waals surface area contributed by atoms with Crippen molar-refractivity contribution in [3.63, 3.8) is 0 Å². The molecule has 1 amide bonds. The van der Waals surface area contributed by atoms with Crippen molar-refractivity contribution in [1.82, 2.24) is 24.9 Å². The molecule has 0 spiro atoms. The molecule has 2 aromatic rings. The van der Waals surface area contributed by atoms with Gasteiger partial charge in [0.25, 0.3) is 0 Å². The number of likely N-dealkylation sites (N-methyl/N-ethyl adjacent to an activating group) is 1. The van der Waals surface area contributed by atoms with E-state index in [1.165, 1.54) is 0 Å². The maximum atomic E-state index is 11.3. The first-order valence-corrected chi connectivity index (χ1v) is 8.45. The van der Waals surface area contributed by atoms with Crippen LogP contribution in [0.2, 0.25) is 0 Å². The summed E-state index contributed by atoms with van der Waals surface area (Å²) in [5.74, 6) is 0.620. The summed E-state index contributed by atoms with van der Waals surface area (Å²) in [6.07, 6.45) is 5.29. The second-order valence-electron chi connectivity index (χ2n) is 6.79. The van der Waals surface area contributed by atoms with Crippen molar-refractivity contribution in [3.05, 3.63) is 23.5 Å². The average Bonchev–Trinajstić information content (AvgIpc) is 3.21. The largest absolute Gasteiger partial charge is 0.384 e. The Morgan fingerprint density at radius 1 is 1.40 bits per heavy atom. The van der Waals surface area contributed by atoms with E-state index in [4.69, 9.17) is 16.5 Å². The quantitative estimate of drug-likeness (QED) is 0.699. The van der Waals surface area contributed by atoms with Gasteiger partial charge in [-0.3, -0.25) is 9.80 Å². The van der Waals surface area contributed by atoms with E-state index in [1.54, 1.807) is 4.52 Å². The number of hydrogen-bond donors (Lipinski definition) is 3. The summed E-state index contributed by atoms with van der Waals surface area (Å²) in [6.45, 7) is 1.46. The van der Waals surface area contributed by atoms with Crippen molar-refractivity contribution in [2.75, 3.05) is 25.9 Å². The van der Waals surface area contributed by atoms with Crippen LogP contribution in [0, 0.1) is 0 Å². The molecule has 2 aromatic heterocycles. The van der Waals surface area contributed by atoms with E-state index < -0.39 is 0 Å². The Hall–Kier alpha value is -2.68. The Balaban J connectivity index is 1.65. The molecule has 0 bridgehead atoms. The highest BCUT2D eigenvalue weighted by molar-refractivity contribution is 5.80. The summed E-state index contributed by atoms with van der Waals surface area (Å²) < 4.78 is 1.67. The number of rotatable bonds is 3. The number of amides is 1. The molecule has 0 aromatic carbocycles. The van der Waals surface area contributed by atoms with Gasteiger partial charge in [-0.15, -0.1) is 0 Å². The minimum Gasteiger partial charge on any atom is -0.384 e. The standard InChI is InChI=1S/C16H22N8O/c1-23-8-10(6-20-23)11-7-21-24-14(17)4-13(22-16(11)24)9-2-3-12(15(18)25)19-5-9/h4,6-7,9-10,12,19H,2-3,5,8,17H2,1H3,(H2,18,25)/t9-,10?,12-/m0/s1. The number of nitrogens with zero attached hydrogens (tertiary/aromatic N) is 5. The lowest BCUT2D eigenvalue weighted by molar-refractivity contribution is -0.120. The van der Waals surface area contributed by atoms with Crippen molar-refractivity contribution < 1.29 is 4.79 Å². The fourth-order valence-electron chi connectivity index (χ4n) is 3.60. The number of carbonyl (C=O) groups excluding carboxylic acids is 1. The molecular formula is C16H22N8O. The molecule has 1 fully saturated rings. The molecule has 132 valence electrons. The van der Waals surface area contributed by atoms with Crippen LogP contribution >= 0.6 is 0 Å². The Kier molecular flexibility index (Phi) is 3.79. The fourth-order valence-corrected chi connectivity index (χ4v) is 3.60. The van der Waals surface area contributed by atoms with Crippen LogP contribution in [0.25, 0.3) is 5.65 Å². The minimum absolute atomic E-state index is 0.161. The summed E-state index contributed by atoms with van der Waals surface area (Å²) in [6, 6.07) is 1.61. The summed E-state index contributed by atoms with van der Waals surface area (Å²) in [5, 5.41) is 13.8. The first-order chi connectivity index (χ1) is 12.0. The summed E-state index contributed by atoms with van der Waals surface area (Å²) in [5.41, 5.74) is 14.3. The van der Waals surface area contributed by atoms with E-state index in [0.717, 1.165) is 29.9 Å². The third kappa shape index (κ3) is 2.80. The number of nitrogens with one attached hydrogen (secondary N) is 1. The number of anilines is 1. The maximum absolute atomic E-state index is 11.3. The van der Waals surface area contributed by atoms with Crippen LogP contribution in [0.4, 0.5) is 5.82 Å². The van der Waals surface area contributed by atoms with Crippen molar-refractivity contribution in [1.29, 1.82) is 0 Å². The van der Waals surface area contributed by atoms with Gasteiger partial charge in [-0.05, 0) is 12.8 Å². The van der Waals surface area contributed by atoms with Crippen LogP contribution in [-0.2, 0) is 4.79 Å². The molecule has 2 aliphatic rings. The first kappa shape index (κ1) is 15.8. The zero-order valence-electron chi connectivity index (χ0n) is 14.1. The molecule has 4 rings (SSSR count). The third-order valence-corrected chi connectivity index (χ3v) is 5.03. The zero-order chi connectivity index (χ0) is 17.6. The highest BCUT2D eigenvalue weighted by Gasteiger charge is 2.28. The average molecular weight is 342 g/mol. The number of aromatic nitrogens is 3. The second-order valence-corrected chi connectivity index (χ2v) is 6.79. The van der Waals surface area contributed by atoms with Crippen molar-refractivity contribution >= 4 is 23.6 Å². The maximum Gasteiger partial charge on any atom is 0.234 e. The SMILES string of the molecule is CN1CC(c2cnn3c(N)cc([C@H]4CC[C@@H](C(N)=O)NC4)nc23)C=N1. The van der Waals surface area contributed by atoms with Gasteiger partial charge in [-0.1, -0.05) is 0 Å². The van der Waals surface area contributed by atoms with E-state index in [-0.39, 0.29) is 23.8 Å². The Bertz CT molecular complexity index is 836. The van der Waals surface area contributed by atoms with Gasteiger partial charge in [0, 0.05) is 49.8 Å². The predicted octanol–water partition coefficient (Wildman–Crippen LogP) is -0.353. The highest BCUT2D eigenvalue weighted by atomic mass is 16.1. The molecule has 0 aliphatic carbocycles. The monoisotopic (exact) mass is 342 g/mol. The third-order valence-electron chi connectivity index (χ3n) is 5.03. The Labute approximate surface area is 145 Å². The van der Waals surface area contributed by atoms with Crippen LogP contribution in [0.15, 0.2) is 17.4 Å². The van der Waals surface area contributed by atoms with E-state index in [9.17, 15) is 4.79 Å². The topological polar surface area (TPSA) is 127 Å². The van der Waals surface area contributed by atoms with Crippen LogP contribution < -0.4 is 16.8 Å². The molecular weight excluding hydrogens is 320 g/mol. The summed E-state index contributed by atoms with van der Waals surface area (Å²) in [7, 11) is 1.94. The lowest BCUT2D eigenvalue weighted by Gasteiger charge is -2.27. The molecule has 0 saturated carbocycles. The molecule has 0 radical (unpaired) electrons. The number of primary amides is 1. The molecule has 2 aliphatic heterocycles. The molecule has 4 heterocycles. The van der Waals surface area contributed by atoms with Crippen LogP contribution in [0.3, 0.4) is 0 Å². The van der Waals surface area contributed by atoms with Crippen molar-refractivity contribution in [2.24, 2.45) is 10.8 Å². The van der Waals surface area contributed by atoms with Crippen LogP contribution in [0.1, 0.15) is 35.9 Å². The van der Waals surface area contributed by atoms with Crippen LogP contribution in [0.5, 0.6) is 0 Å². The number of piperidine rings is 1. The normalized spacial score (nSPS) is 26.4. The molecule has 9 nitrogen and oxygen atoms in total. The van der Waals surface area contributed by atoms with E-state index in [2.05, 4.69) is 15.5 Å². The van der Waals surface area contributed by atoms with Crippen LogP contribution in [-0.4, -0.2) is 57.9 Å². The van der Waals surface area contributed by atoms with Gasteiger partial charge in [0.05, 0.1) is 17.9 Å². The molecule has 25 heavy (non-hydrogen) atoms. The van der Waals surface area contributed by atoms with Crippen molar-refractivity contribution in [2.45, 2.75) is 30.7 Å². The fraction of sp³-hybridized carbons (Fsp3) is 0.500. The molecule has 9 heteroatoms.